The van der Waals surface area contributed by atoms with E-state index in [-0.39, 0.29) is 15.8 Å². The van der Waals surface area contributed by atoms with Crippen LogP contribution in [0.1, 0.15) is 21.7 Å². The first-order chi connectivity index (χ1) is 13.9. The Kier molecular flexibility index (Phi) is 5.46. The van der Waals surface area contributed by atoms with Crippen LogP contribution in [0.5, 0.6) is 0 Å². The van der Waals surface area contributed by atoms with Crippen molar-refractivity contribution in [3.8, 4) is 5.69 Å². The second kappa shape index (κ2) is 7.59. The predicted octanol–water partition coefficient (Wildman–Crippen LogP) is 5.23. The van der Waals surface area contributed by atoms with Crippen LogP contribution < -0.4 is 5.32 Å². The van der Waals surface area contributed by atoms with Crippen LogP contribution in [0.3, 0.4) is 0 Å². The maximum absolute atomic E-state index is 13.7. The molecule has 0 bridgehead atoms. The van der Waals surface area contributed by atoms with Gasteiger partial charge >= 0.3 is 12.4 Å². The second-order valence-electron chi connectivity index (χ2n) is 6.11. The number of rotatable bonds is 3. The molecule has 1 amide bonds. The van der Waals surface area contributed by atoms with E-state index >= 15 is 0 Å². The standard InChI is InChI=1S/C18H12F6N4OS/c1-27-16(30)28(15(26-27)18(22,23)24)13-8-7-11(9-12(13)17(19,20)21)25-14(29)10-5-3-2-4-6-10/h2-9H,1H3,(H,25,29). The average molecular weight is 446 g/mol. The maximum atomic E-state index is 13.7. The molecule has 0 aliphatic carbocycles. The van der Waals surface area contributed by atoms with Gasteiger partial charge in [-0.15, -0.1) is 5.10 Å². The second-order valence-corrected chi connectivity index (χ2v) is 6.48. The number of alkyl halides is 6. The van der Waals surface area contributed by atoms with E-state index in [9.17, 15) is 31.1 Å². The summed E-state index contributed by atoms with van der Waals surface area (Å²) >= 11 is 4.84. The number of carbonyl (C=O) groups excluding carboxylic acids is 1. The SMILES string of the molecule is Cn1nc(C(F)(F)F)n(-c2ccc(NC(=O)c3ccccc3)cc2C(F)(F)F)c1=S. The van der Waals surface area contributed by atoms with Crippen LogP contribution in [0.25, 0.3) is 5.69 Å². The number of halogens is 6. The Hall–Kier alpha value is -3.15. The highest BCUT2D eigenvalue weighted by atomic mass is 32.1. The van der Waals surface area contributed by atoms with E-state index in [1.54, 1.807) is 18.2 Å². The Morgan fingerprint density at radius 3 is 2.20 bits per heavy atom. The van der Waals surface area contributed by atoms with Gasteiger partial charge in [-0.2, -0.15) is 26.3 Å². The van der Waals surface area contributed by atoms with Gasteiger partial charge in [-0.1, -0.05) is 18.2 Å². The number of hydrogen-bond acceptors (Lipinski definition) is 3. The Morgan fingerprint density at radius 1 is 1.00 bits per heavy atom. The molecule has 0 atom stereocenters. The molecule has 1 heterocycles. The number of aryl methyl sites for hydroxylation is 1. The molecule has 0 aliphatic heterocycles. The summed E-state index contributed by atoms with van der Waals surface area (Å²) in [5.41, 5.74) is -2.32. The van der Waals surface area contributed by atoms with Gasteiger partial charge in [0.15, 0.2) is 0 Å². The topological polar surface area (TPSA) is 51.9 Å². The van der Waals surface area contributed by atoms with Gasteiger partial charge in [0.1, 0.15) is 0 Å². The number of hydrogen-bond donors (Lipinski definition) is 1. The average Bonchev–Trinajstić information content (AvgIpc) is 2.97. The van der Waals surface area contributed by atoms with E-state index in [4.69, 9.17) is 12.2 Å². The summed E-state index contributed by atoms with van der Waals surface area (Å²) in [4.78, 5) is 12.2. The number of anilines is 1. The van der Waals surface area contributed by atoms with E-state index in [0.717, 1.165) is 19.2 Å². The largest absolute Gasteiger partial charge is 0.452 e. The van der Waals surface area contributed by atoms with Crippen molar-refractivity contribution in [3.63, 3.8) is 0 Å². The van der Waals surface area contributed by atoms with Crippen LogP contribution in [0.4, 0.5) is 32.0 Å². The number of benzene rings is 2. The van der Waals surface area contributed by atoms with Crippen LogP contribution in [0.2, 0.25) is 0 Å². The molecule has 1 aromatic heterocycles. The van der Waals surface area contributed by atoms with E-state index in [2.05, 4.69) is 10.4 Å². The number of carbonyl (C=O) groups is 1. The Balaban J connectivity index is 2.13. The van der Waals surface area contributed by atoms with E-state index in [1.807, 2.05) is 0 Å². The molecule has 1 N–H and O–H groups in total. The highest BCUT2D eigenvalue weighted by Crippen LogP contribution is 2.38. The van der Waals surface area contributed by atoms with Crippen LogP contribution in [0.15, 0.2) is 48.5 Å². The minimum absolute atomic E-state index is 0.198. The van der Waals surface area contributed by atoms with Gasteiger partial charge in [0.2, 0.25) is 10.6 Å². The van der Waals surface area contributed by atoms with Crippen molar-refractivity contribution >= 4 is 23.8 Å². The lowest BCUT2D eigenvalue weighted by molar-refractivity contribution is -0.147. The molecule has 0 radical (unpaired) electrons. The van der Waals surface area contributed by atoms with Crippen LogP contribution in [0, 0.1) is 4.77 Å². The van der Waals surface area contributed by atoms with Gasteiger partial charge in [0.05, 0.1) is 11.3 Å². The smallest absolute Gasteiger partial charge is 0.322 e. The molecule has 2 aromatic carbocycles. The molecule has 0 aliphatic rings. The van der Waals surface area contributed by atoms with E-state index < -0.39 is 40.1 Å². The van der Waals surface area contributed by atoms with Gasteiger partial charge in [-0.05, 0) is 42.5 Å². The molecule has 5 nitrogen and oxygen atoms in total. The zero-order chi connectivity index (χ0) is 22.3. The Bertz CT molecular complexity index is 1150. The molecule has 3 rings (SSSR count). The number of nitrogens with one attached hydrogen (secondary N) is 1. The molecule has 0 saturated heterocycles. The summed E-state index contributed by atoms with van der Waals surface area (Å²) < 4.78 is 81.2. The van der Waals surface area contributed by atoms with Crippen molar-refractivity contribution in [3.05, 3.63) is 70.3 Å². The minimum Gasteiger partial charge on any atom is -0.322 e. The molecule has 12 heteroatoms. The molecule has 0 spiro atoms. The normalized spacial score (nSPS) is 12.1. The third-order valence-corrected chi connectivity index (χ3v) is 4.46. The van der Waals surface area contributed by atoms with Crippen LogP contribution in [-0.4, -0.2) is 20.3 Å². The zero-order valence-corrected chi connectivity index (χ0v) is 15.9. The van der Waals surface area contributed by atoms with Crippen molar-refractivity contribution in [1.29, 1.82) is 0 Å². The van der Waals surface area contributed by atoms with Gasteiger partial charge in [-0.3, -0.25) is 9.36 Å². The predicted molar refractivity (Wildman–Crippen MR) is 97.8 cm³/mol. The fraction of sp³-hybridized carbons (Fsp3) is 0.167. The zero-order valence-electron chi connectivity index (χ0n) is 15.0. The van der Waals surface area contributed by atoms with Crippen molar-refractivity contribution in [2.24, 2.45) is 7.05 Å². The number of nitrogens with zero attached hydrogens (tertiary/aromatic N) is 3. The summed E-state index contributed by atoms with van der Waals surface area (Å²) in [5.74, 6) is -2.27. The third-order valence-electron chi connectivity index (χ3n) is 4.01. The monoisotopic (exact) mass is 446 g/mol. The fourth-order valence-electron chi connectivity index (χ4n) is 2.69. The minimum atomic E-state index is -5.04. The van der Waals surface area contributed by atoms with Crippen LogP contribution >= 0.6 is 12.2 Å². The lowest BCUT2D eigenvalue weighted by atomic mass is 10.1. The summed E-state index contributed by atoms with van der Waals surface area (Å²) in [6, 6.07) is 10.1. The number of amides is 1. The van der Waals surface area contributed by atoms with Gasteiger partial charge < -0.3 is 5.32 Å². The molecule has 0 fully saturated rings. The molecule has 0 saturated carbocycles. The van der Waals surface area contributed by atoms with Gasteiger partial charge in [-0.25, -0.2) is 4.68 Å². The highest BCUT2D eigenvalue weighted by Gasteiger charge is 2.41. The Morgan fingerprint density at radius 2 is 1.63 bits per heavy atom. The van der Waals surface area contributed by atoms with Crippen molar-refractivity contribution < 1.29 is 31.1 Å². The summed E-state index contributed by atoms with van der Waals surface area (Å²) in [6.45, 7) is 0. The Labute approximate surface area is 170 Å². The maximum Gasteiger partial charge on any atom is 0.452 e. The van der Waals surface area contributed by atoms with E-state index in [1.165, 1.54) is 12.1 Å². The first-order valence-corrected chi connectivity index (χ1v) is 8.61. The molecular formula is C18H12F6N4OS. The number of aromatic nitrogens is 3. The quantitative estimate of drug-likeness (QED) is 0.443. The summed E-state index contributed by atoms with van der Waals surface area (Å²) in [7, 11) is 1.09. The first-order valence-electron chi connectivity index (χ1n) is 8.21. The lowest BCUT2D eigenvalue weighted by Crippen LogP contribution is -2.18. The lowest BCUT2D eigenvalue weighted by Gasteiger charge is -2.17. The van der Waals surface area contributed by atoms with E-state index in [0.29, 0.717) is 10.7 Å². The summed E-state index contributed by atoms with van der Waals surface area (Å²) in [5, 5.41) is 5.50. The summed E-state index contributed by atoms with van der Waals surface area (Å²) in [6.07, 6.45) is -10.1. The van der Waals surface area contributed by atoms with Crippen molar-refractivity contribution in [2.45, 2.75) is 12.4 Å². The van der Waals surface area contributed by atoms with Gasteiger partial charge in [0.25, 0.3) is 5.91 Å². The molecule has 158 valence electrons. The molecule has 0 unspecified atom stereocenters. The highest BCUT2D eigenvalue weighted by molar-refractivity contribution is 7.71. The van der Waals surface area contributed by atoms with Gasteiger partial charge in [0, 0.05) is 18.3 Å². The van der Waals surface area contributed by atoms with Crippen molar-refractivity contribution in [1.82, 2.24) is 14.3 Å². The first kappa shape index (κ1) is 21.6. The third kappa shape index (κ3) is 4.22. The molecular weight excluding hydrogens is 434 g/mol. The molecule has 30 heavy (non-hydrogen) atoms. The molecule has 3 aromatic rings. The fourth-order valence-corrected chi connectivity index (χ4v) is 2.92. The van der Waals surface area contributed by atoms with Crippen LogP contribution in [-0.2, 0) is 19.4 Å². The van der Waals surface area contributed by atoms with Crippen molar-refractivity contribution in [2.75, 3.05) is 5.32 Å².